The van der Waals surface area contributed by atoms with E-state index in [2.05, 4.69) is 10.1 Å². The quantitative estimate of drug-likeness (QED) is 0.692. The molecular weight excluding hydrogens is 352 g/mol. The van der Waals surface area contributed by atoms with E-state index in [1.807, 2.05) is 31.2 Å². The molecule has 0 radical (unpaired) electrons. The number of hydrogen-bond acceptors (Lipinski definition) is 4. The standard InChI is InChI=1S/C20H17F2N3O2/c1-12-4-2-3-5-15(12)19-23-20(27-24-19)17-8-9-18(26)25(17)11-13-10-14(21)6-7-16(13)22/h2-7,10,17H,8-9,11H2,1H3. The molecular formula is C20H17F2N3O2. The third-order valence-corrected chi connectivity index (χ3v) is 4.79. The van der Waals surface area contributed by atoms with Gasteiger partial charge in [0, 0.05) is 24.1 Å². The second kappa shape index (κ2) is 6.90. The normalized spacial score (nSPS) is 16.9. The van der Waals surface area contributed by atoms with Crippen LogP contribution in [-0.4, -0.2) is 20.9 Å². The molecule has 0 spiro atoms. The molecule has 27 heavy (non-hydrogen) atoms. The van der Waals surface area contributed by atoms with Crippen LogP contribution >= 0.6 is 0 Å². The molecule has 1 aliphatic rings. The highest BCUT2D eigenvalue weighted by molar-refractivity contribution is 5.78. The zero-order valence-corrected chi connectivity index (χ0v) is 14.7. The average molecular weight is 369 g/mol. The van der Waals surface area contributed by atoms with E-state index in [1.165, 1.54) is 4.90 Å². The van der Waals surface area contributed by atoms with Crippen LogP contribution in [0, 0.1) is 18.6 Å². The van der Waals surface area contributed by atoms with E-state index in [4.69, 9.17) is 4.52 Å². The van der Waals surface area contributed by atoms with Gasteiger partial charge in [0.2, 0.25) is 17.6 Å². The van der Waals surface area contributed by atoms with Gasteiger partial charge in [-0.1, -0.05) is 29.4 Å². The molecule has 0 N–H and O–H groups in total. The number of carbonyl (C=O) groups excluding carboxylic acids is 1. The summed E-state index contributed by atoms with van der Waals surface area (Å²) in [5.41, 5.74) is 1.97. The van der Waals surface area contributed by atoms with Gasteiger partial charge >= 0.3 is 0 Å². The summed E-state index contributed by atoms with van der Waals surface area (Å²) in [6.45, 7) is 1.90. The molecule has 1 aromatic heterocycles. The SMILES string of the molecule is Cc1ccccc1-c1noc(C2CCC(=O)N2Cc2cc(F)ccc2F)n1. The van der Waals surface area contributed by atoms with Gasteiger partial charge in [0.05, 0.1) is 0 Å². The van der Waals surface area contributed by atoms with Crippen molar-refractivity contribution in [2.45, 2.75) is 32.4 Å². The van der Waals surface area contributed by atoms with Crippen LogP contribution in [0.2, 0.25) is 0 Å². The zero-order valence-electron chi connectivity index (χ0n) is 14.7. The van der Waals surface area contributed by atoms with E-state index in [0.717, 1.165) is 29.3 Å². The minimum Gasteiger partial charge on any atom is -0.337 e. The Kier molecular flexibility index (Phi) is 4.43. The van der Waals surface area contributed by atoms with Crippen LogP contribution in [0.3, 0.4) is 0 Å². The van der Waals surface area contributed by atoms with Crippen LogP contribution in [0.15, 0.2) is 47.0 Å². The summed E-state index contributed by atoms with van der Waals surface area (Å²) in [5, 5.41) is 4.03. The topological polar surface area (TPSA) is 59.2 Å². The van der Waals surface area contributed by atoms with E-state index in [9.17, 15) is 13.6 Å². The fraction of sp³-hybridized carbons (Fsp3) is 0.250. The Hall–Kier alpha value is -3.09. The van der Waals surface area contributed by atoms with Gasteiger partial charge in [0.25, 0.3) is 0 Å². The molecule has 0 aliphatic carbocycles. The predicted octanol–water partition coefficient (Wildman–Crippen LogP) is 4.19. The maximum absolute atomic E-state index is 14.0. The van der Waals surface area contributed by atoms with Crippen molar-refractivity contribution in [3.63, 3.8) is 0 Å². The van der Waals surface area contributed by atoms with E-state index < -0.39 is 17.7 Å². The number of hydrogen-bond donors (Lipinski definition) is 0. The van der Waals surface area contributed by atoms with Crippen LogP contribution in [0.5, 0.6) is 0 Å². The summed E-state index contributed by atoms with van der Waals surface area (Å²) >= 11 is 0. The van der Waals surface area contributed by atoms with Crippen LogP contribution in [0.4, 0.5) is 8.78 Å². The second-order valence-electron chi connectivity index (χ2n) is 6.58. The highest BCUT2D eigenvalue weighted by Crippen LogP contribution is 2.34. The van der Waals surface area contributed by atoms with Gasteiger partial charge in [-0.2, -0.15) is 4.98 Å². The molecule has 1 aliphatic heterocycles. The largest absolute Gasteiger partial charge is 0.337 e. The lowest BCUT2D eigenvalue weighted by molar-refractivity contribution is -0.130. The predicted molar refractivity (Wildman–Crippen MR) is 93.4 cm³/mol. The van der Waals surface area contributed by atoms with E-state index in [1.54, 1.807) is 0 Å². The van der Waals surface area contributed by atoms with Crippen molar-refractivity contribution >= 4 is 5.91 Å². The Morgan fingerprint density at radius 1 is 1.22 bits per heavy atom. The van der Waals surface area contributed by atoms with Crippen molar-refractivity contribution in [3.05, 3.63) is 71.1 Å². The number of aryl methyl sites for hydroxylation is 1. The van der Waals surface area contributed by atoms with Gasteiger partial charge < -0.3 is 9.42 Å². The summed E-state index contributed by atoms with van der Waals surface area (Å²) < 4.78 is 32.9. The molecule has 1 amide bonds. The highest BCUT2D eigenvalue weighted by Gasteiger charge is 2.36. The van der Waals surface area contributed by atoms with Crippen LogP contribution in [0.25, 0.3) is 11.4 Å². The van der Waals surface area contributed by atoms with Crippen molar-refractivity contribution in [2.24, 2.45) is 0 Å². The molecule has 2 heterocycles. The monoisotopic (exact) mass is 369 g/mol. The molecule has 0 bridgehead atoms. The summed E-state index contributed by atoms with van der Waals surface area (Å²) in [6.07, 6.45) is 0.787. The van der Waals surface area contributed by atoms with Crippen molar-refractivity contribution in [2.75, 3.05) is 0 Å². The Labute approximate surface area is 154 Å². The molecule has 7 heteroatoms. The smallest absolute Gasteiger partial charge is 0.249 e. The molecule has 138 valence electrons. The van der Waals surface area contributed by atoms with Gasteiger partial charge in [-0.05, 0) is 37.1 Å². The van der Waals surface area contributed by atoms with E-state index in [0.29, 0.717) is 24.6 Å². The number of likely N-dealkylation sites (tertiary alicyclic amines) is 1. The minimum absolute atomic E-state index is 0.0465. The lowest BCUT2D eigenvalue weighted by atomic mass is 10.1. The van der Waals surface area contributed by atoms with Crippen LogP contribution in [-0.2, 0) is 11.3 Å². The van der Waals surface area contributed by atoms with Gasteiger partial charge in [0.15, 0.2) is 0 Å². The zero-order chi connectivity index (χ0) is 19.0. The molecule has 1 saturated heterocycles. The summed E-state index contributed by atoms with van der Waals surface area (Å²) in [6, 6.07) is 10.4. The summed E-state index contributed by atoms with van der Waals surface area (Å²) in [7, 11) is 0. The first-order chi connectivity index (χ1) is 13.0. The number of amides is 1. The van der Waals surface area contributed by atoms with Crippen molar-refractivity contribution in [1.29, 1.82) is 0 Å². The van der Waals surface area contributed by atoms with Crippen LogP contribution < -0.4 is 0 Å². The molecule has 5 nitrogen and oxygen atoms in total. The Morgan fingerprint density at radius 2 is 2.04 bits per heavy atom. The summed E-state index contributed by atoms with van der Waals surface area (Å²) in [4.78, 5) is 18.2. The Bertz CT molecular complexity index is 1000. The van der Waals surface area contributed by atoms with Crippen LogP contribution in [0.1, 0.15) is 35.9 Å². The molecule has 4 rings (SSSR count). The number of benzene rings is 2. The molecule has 2 aromatic carbocycles. The number of aromatic nitrogens is 2. The number of rotatable bonds is 4. The first kappa shape index (κ1) is 17.3. The Morgan fingerprint density at radius 3 is 2.85 bits per heavy atom. The number of carbonyl (C=O) groups is 1. The molecule has 1 unspecified atom stereocenters. The first-order valence-electron chi connectivity index (χ1n) is 8.66. The van der Waals surface area contributed by atoms with Crippen molar-refractivity contribution in [1.82, 2.24) is 15.0 Å². The van der Waals surface area contributed by atoms with Crippen molar-refractivity contribution < 1.29 is 18.1 Å². The molecule has 3 aromatic rings. The molecule has 0 saturated carbocycles. The third-order valence-electron chi connectivity index (χ3n) is 4.79. The molecule has 1 atom stereocenters. The second-order valence-corrected chi connectivity index (χ2v) is 6.58. The Balaban J connectivity index is 1.62. The van der Waals surface area contributed by atoms with Gasteiger partial charge in [-0.15, -0.1) is 0 Å². The van der Waals surface area contributed by atoms with E-state index >= 15 is 0 Å². The maximum atomic E-state index is 14.0. The number of halogens is 2. The van der Waals surface area contributed by atoms with Gasteiger partial charge in [0.1, 0.15) is 17.7 Å². The lowest BCUT2D eigenvalue weighted by Crippen LogP contribution is -2.27. The summed E-state index contributed by atoms with van der Waals surface area (Å²) in [5.74, 6) is -0.509. The fourth-order valence-electron chi connectivity index (χ4n) is 3.34. The van der Waals surface area contributed by atoms with Crippen molar-refractivity contribution in [3.8, 4) is 11.4 Å². The number of nitrogens with zero attached hydrogens (tertiary/aromatic N) is 3. The molecule has 1 fully saturated rings. The minimum atomic E-state index is -0.555. The first-order valence-corrected chi connectivity index (χ1v) is 8.66. The van der Waals surface area contributed by atoms with E-state index in [-0.39, 0.29) is 18.0 Å². The average Bonchev–Trinajstić information content (AvgIpc) is 3.26. The maximum Gasteiger partial charge on any atom is 0.249 e. The van der Waals surface area contributed by atoms with Gasteiger partial charge in [-0.3, -0.25) is 4.79 Å². The third kappa shape index (κ3) is 3.32. The lowest BCUT2D eigenvalue weighted by Gasteiger charge is -2.22. The fourth-order valence-corrected chi connectivity index (χ4v) is 3.34. The highest BCUT2D eigenvalue weighted by atomic mass is 19.1. The van der Waals surface area contributed by atoms with Gasteiger partial charge in [-0.25, -0.2) is 8.78 Å².